The Balaban J connectivity index is 2.52. The summed E-state index contributed by atoms with van der Waals surface area (Å²) in [5, 5.41) is 0. The van der Waals surface area contributed by atoms with Gasteiger partial charge in [-0.25, -0.2) is 8.42 Å². The minimum absolute atomic E-state index is 0.272. The molecule has 0 radical (unpaired) electrons. The van der Waals surface area contributed by atoms with Gasteiger partial charge in [0.15, 0.2) is 0 Å². The second-order valence-electron chi connectivity index (χ2n) is 4.17. The van der Waals surface area contributed by atoms with Crippen molar-refractivity contribution in [3.05, 3.63) is 48.3 Å². The fourth-order valence-electron chi connectivity index (χ4n) is 1.81. The molecule has 1 heterocycles. The second-order valence-corrected chi connectivity index (χ2v) is 6.11. The molecule has 0 atom stereocenters. The normalized spacial score (nSPS) is 11.3. The van der Waals surface area contributed by atoms with Gasteiger partial charge in [0, 0.05) is 13.2 Å². The van der Waals surface area contributed by atoms with Crippen molar-refractivity contribution < 1.29 is 8.42 Å². The fraction of sp³-hybridized carbons (Fsp3) is 0.154. The maximum absolute atomic E-state index is 12.6. The molecular weight excluding hydrogens is 262 g/mol. The van der Waals surface area contributed by atoms with Gasteiger partial charge in [-0.05, 0) is 24.6 Å². The third-order valence-corrected chi connectivity index (χ3v) is 4.83. The number of pyridine rings is 1. The van der Waals surface area contributed by atoms with E-state index >= 15 is 0 Å². The Hall–Kier alpha value is -2.08. The van der Waals surface area contributed by atoms with E-state index in [1.54, 1.807) is 37.3 Å². The van der Waals surface area contributed by atoms with Gasteiger partial charge in [0.2, 0.25) is 0 Å². The van der Waals surface area contributed by atoms with E-state index in [2.05, 4.69) is 4.98 Å². The van der Waals surface area contributed by atoms with Gasteiger partial charge >= 0.3 is 0 Å². The van der Waals surface area contributed by atoms with E-state index in [9.17, 15) is 8.42 Å². The molecule has 0 unspecified atom stereocenters. The Kier molecular flexibility index (Phi) is 3.44. The number of aromatic nitrogens is 1. The largest absolute Gasteiger partial charge is 0.396 e. The summed E-state index contributed by atoms with van der Waals surface area (Å²) < 4.78 is 26.3. The number of nitrogen functional groups attached to an aromatic ring is 1. The number of sulfonamides is 1. The van der Waals surface area contributed by atoms with Gasteiger partial charge in [0.25, 0.3) is 10.0 Å². The Bertz CT molecular complexity index is 699. The summed E-state index contributed by atoms with van der Waals surface area (Å²) >= 11 is 0. The maximum Gasteiger partial charge on any atom is 0.264 e. The zero-order valence-electron chi connectivity index (χ0n) is 10.7. The van der Waals surface area contributed by atoms with E-state index in [-0.39, 0.29) is 4.90 Å². The Morgan fingerprint density at radius 2 is 1.89 bits per heavy atom. The number of nitrogens with zero attached hydrogens (tertiary/aromatic N) is 2. The smallest absolute Gasteiger partial charge is 0.264 e. The standard InChI is InChI=1S/C13H15N3O2S/c1-10-5-3-4-6-13(10)19(17,18)16(2)12-7-8-15-9-11(12)14/h3-9H,14H2,1-2H3. The van der Waals surface area contributed by atoms with Gasteiger partial charge in [-0.3, -0.25) is 9.29 Å². The zero-order valence-corrected chi connectivity index (χ0v) is 11.6. The lowest BCUT2D eigenvalue weighted by Crippen LogP contribution is -2.28. The van der Waals surface area contributed by atoms with Crippen LogP contribution in [0.3, 0.4) is 0 Å². The molecule has 0 amide bonds. The molecule has 0 bridgehead atoms. The first-order valence-electron chi connectivity index (χ1n) is 5.68. The summed E-state index contributed by atoms with van der Waals surface area (Å²) in [6.45, 7) is 1.76. The number of hydrogen-bond acceptors (Lipinski definition) is 4. The van der Waals surface area contributed by atoms with Crippen molar-refractivity contribution in [1.82, 2.24) is 4.98 Å². The maximum atomic E-state index is 12.6. The summed E-state index contributed by atoms with van der Waals surface area (Å²) in [5.74, 6) is 0. The van der Waals surface area contributed by atoms with Crippen molar-refractivity contribution >= 4 is 21.4 Å². The van der Waals surface area contributed by atoms with E-state index in [1.165, 1.54) is 23.7 Å². The topological polar surface area (TPSA) is 76.3 Å². The van der Waals surface area contributed by atoms with Gasteiger partial charge in [-0.1, -0.05) is 18.2 Å². The molecule has 0 aliphatic carbocycles. The zero-order chi connectivity index (χ0) is 14.0. The molecule has 0 aliphatic heterocycles. The summed E-state index contributed by atoms with van der Waals surface area (Å²) in [7, 11) is -2.14. The van der Waals surface area contributed by atoms with Gasteiger partial charge in [0.05, 0.1) is 22.5 Å². The van der Waals surface area contributed by atoms with Crippen LogP contribution in [0.25, 0.3) is 0 Å². The van der Waals surface area contributed by atoms with Crippen LogP contribution in [-0.4, -0.2) is 20.4 Å². The second kappa shape index (κ2) is 4.89. The highest BCUT2D eigenvalue weighted by molar-refractivity contribution is 7.92. The van der Waals surface area contributed by atoms with Crippen LogP contribution in [0.5, 0.6) is 0 Å². The van der Waals surface area contributed by atoms with Crippen LogP contribution < -0.4 is 10.0 Å². The molecule has 0 fully saturated rings. The molecule has 6 heteroatoms. The molecule has 0 aliphatic rings. The van der Waals surface area contributed by atoms with Crippen LogP contribution in [-0.2, 0) is 10.0 Å². The Morgan fingerprint density at radius 3 is 2.53 bits per heavy atom. The van der Waals surface area contributed by atoms with Gasteiger partial charge < -0.3 is 5.73 Å². The van der Waals surface area contributed by atoms with E-state index < -0.39 is 10.0 Å². The number of aryl methyl sites for hydroxylation is 1. The molecule has 2 aromatic rings. The third-order valence-electron chi connectivity index (χ3n) is 2.90. The molecule has 0 saturated heterocycles. The highest BCUT2D eigenvalue weighted by Gasteiger charge is 2.24. The number of rotatable bonds is 3. The van der Waals surface area contributed by atoms with E-state index in [4.69, 9.17) is 5.73 Å². The van der Waals surface area contributed by atoms with Crippen molar-refractivity contribution in [2.24, 2.45) is 0 Å². The summed E-state index contributed by atoms with van der Waals surface area (Å²) in [6, 6.07) is 8.42. The molecule has 100 valence electrons. The number of benzene rings is 1. The predicted octanol–water partition coefficient (Wildman–Crippen LogP) is 1.80. The highest BCUT2D eigenvalue weighted by Crippen LogP contribution is 2.27. The number of anilines is 2. The van der Waals surface area contributed by atoms with E-state index in [0.29, 0.717) is 16.9 Å². The van der Waals surface area contributed by atoms with Crippen molar-refractivity contribution in [2.75, 3.05) is 17.1 Å². The fourth-order valence-corrected chi connectivity index (χ4v) is 3.25. The average Bonchev–Trinajstić information content (AvgIpc) is 2.39. The first-order valence-corrected chi connectivity index (χ1v) is 7.12. The molecule has 1 aromatic heterocycles. The monoisotopic (exact) mass is 277 g/mol. The van der Waals surface area contributed by atoms with E-state index in [1.807, 2.05) is 0 Å². The molecule has 5 nitrogen and oxygen atoms in total. The van der Waals surface area contributed by atoms with Gasteiger partial charge in [0.1, 0.15) is 0 Å². The first kappa shape index (κ1) is 13.4. The SMILES string of the molecule is Cc1ccccc1S(=O)(=O)N(C)c1ccncc1N. The molecule has 2 rings (SSSR count). The van der Waals surface area contributed by atoms with E-state index in [0.717, 1.165) is 0 Å². The van der Waals surface area contributed by atoms with Crippen molar-refractivity contribution in [1.29, 1.82) is 0 Å². The van der Waals surface area contributed by atoms with Crippen LogP contribution in [0.1, 0.15) is 5.56 Å². The van der Waals surface area contributed by atoms with Crippen LogP contribution in [0.4, 0.5) is 11.4 Å². The van der Waals surface area contributed by atoms with Gasteiger partial charge in [-0.15, -0.1) is 0 Å². The molecule has 0 saturated carbocycles. The lowest BCUT2D eigenvalue weighted by atomic mass is 10.2. The molecular formula is C13H15N3O2S. The van der Waals surface area contributed by atoms with Crippen molar-refractivity contribution in [3.8, 4) is 0 Å². The van der Waals surface area contributed by atoms with Gasteiger partial charge in [-0.2, -0.15) is 0 Å². The number of nitrogens with two attached hydrogens (primary N) is 1. The van der Waals surface area contributed by atoms with Crippen molar-refractivity contribution in [3.63, 3.8) is 0 Å². The highest BCUT2D eigenvalue weighted by atomic mass is 32.2. The third kappa shape index (κ3) is 2.39. The molecule has 2 N–H and O–H groups in total. The van der Waals surface area contributed by atoms with Crippen LogP contribution >= 0.6 is 0 Å². The minimum atomic E-state index is -3.62. The first-order chi connectivity index (χ1) is 8.94. The molecule has 19 heavy (non-hydrogen) atoms. The van der Waals surface area contributed by atoms with Crippen LogP contribution in [0.15, 0.2) is 47.6 Å². The van der Waals surface area contributed by atoms with Crippen molar-refractivity contribution in [2.45, 2.75) is 11.8 Å². The van der Waals surface area contributed by atoms with Crippen LogP contribution in [0.2, 0.25) is 0 Å². The minimum Gasteiger partial charge on any atom is -0.396 e. The molecule has 0 spiro atoms. The summed E-state index contributed by atoms with van der Waals surface area (Å²) in [5.41, 5.74) is 7.20. The Morgan fingerprint density at radius 1 is 1.21 bits per heavy atom. The quantitative estimate of drug-likeness (QED) is 0.928. The van der Waals surface area contributed by atoms with Crippen LogP contribution in [0, 0.1) is 6.92 Å². The lowest BCUT2D eigenvalue weighted by molar-refractivity contribution is 0.594. The molecule has 1 aromatic carbocycles. The average molecular weight is 277 g/mol. The number of hydrogen-bond donors (Lipinski definition) is 1. The Labute approximate surface area is 112 Å². The summed E-state index contributed by atoms with van der Waals surface area (Å²) in [6.07, 6.45) is 2.94. The summed E-state index contributed by atoms with van der Waals surface area (Å²) in [4.78, 5) is 4.13. The predicted molar refractivity (Wildman–Crippen MR) is 75.4 cm³/mol. The lowest BCUT2D eigenvalue weighted by Gasteiger charge is -2.21.